The highest BCUT2D eigenvalue weighted by molar-refractivity contribution is 5.83. The fraction of sp³-hybridized carbons (Fsp3) is 0.133. The SMILES string of the molecule is CN(C)C(=O)Oc1cccnc1/C=N\Nc1ccc(F)cc1. The molecule has 1 aromatic carbocycles. The summed E-state index contributed by atoms with van der Waals surface area (Å²) in [5.74, 6) is -0.0250. The highest BCUT2D eigenvalue weighted by Crippen LogP contribution is 2.14. The monoisotopic (exact) mass is 302 g/mol. The molecule has 0 fully saturated rings. The second kappa shape index (κ2) is 7.16. The first-order valence-electron chi connectivity index (χ1n) is 6.45. The number of hydrogen-bond acceptors (Lipinski definition) is 5. The molecule has 0 bridgehead atoms. The molecule has 1 aromatic heterocycles. The Kier molecular flexibility index (Phi) is 5.02. The molecule has 0 saturated heterocycles. The maximum absolute atomic E-state index is 12.8. The van der Waals surface area contributed by atoms with E-state index in [1.807, 2.05) is 0 Å². The summed E-state index contributed by atoms with van der Waals surface area (Å²) in [6.45, 7) is 0. The van der Waals surface area contributed by atoms with Gasteiger partial charge in [-0.05, 0) is 36.4 Å². The lowest BCUT2D eigenvalue weighted by atomic mass is 10.3. The van der Waals surface area contributed by atoms with Crippen molar-refractivity contribution in [2.45, 2.75) is 0 Å². The number of anilines is 1. The van der Waals surface area contributed by atoms with Crippen molar-refractivity contribution >= 4 is 18.0 Å². The van der Waals surface area contributed by atoms with Gasteiger partial charge in [0.2, 0.25) is 0 Å². The fourth-order valence-electron chi connectivity index (χ4n) is 1.46. The number of nitrogens with zero attached hydrogens (tertiary/aromatic N) is 3. The first-order chi connectivity index (χ1) is 10.6. The number of ether oxygens (including phenoxy) is 1. The molecule has 2 aromatic rings. The number of amides is 1. The third kappa shape index (κ3) is 4.27. The average molecular weight is 302 g/mol. The quantitative estimate of drug-likeness (QED) is 0.696. The number of benzene rings is 1. The van der Waals surface area contributed by atoms with Crippen LogP contribution in [0.5, 0.6) is 5.75 Å². The van der Waals surface area contributed by atoms with Gasteiger partial charge in [0, 0.05) is 20.3 Å². The van der Waals surface area contributed by atoms with E-state index in [1.54, 1.807) is 44.6 Å². The summed E-state index contributed by atoms with van der Waals surface area (Å²) in [4.78, 5) is 17.0. The second-order valence-electron chi connectivity index (χ2n) is 4.53. The van der Waals surface area contributed by atoms with Crippen molar-refractivity contribution in [2.24, 2.45) is 5.10 Å². The van der Waals surface area contributed by atoms with Gasteiger partial charge in [0.15, 0.2) is 5.75 Å². The van der Waals surface area contributed by atoms with Gasteiger partial charge >= 0.3 is 6.09 Å². The largest absolute Gasteiger partial charge is 0.414 e. The van der Waals surface area contributed by atoms with Gasteiger partial charge in [0.1, 0.15) is 11.5 Å². The Hall–Kier alpha value is -2.96. The second-order valence-corrected chi connectivity index (χ2v) is 4.53. The van der Waals surface area contributed by atoms with Crippen LogP contribution in [0.4, 0.5) is 14.9 Å². The normalized spacial score (nSPS) is 10.5. The molecule has 0 atom stereocenters. The Balaban J connectivity index is 2.07. The van der Waals surface area contributed by atoms with E-state index >= 15 is 0 Å². The van der Waals surface area contributed by atoms with Crippen LogP contribution in [0, 0.1) is 5.82 Å². The zero-order valence-electron chi connectivity index (χ0n) is 12.2. The van der Waals surface area contributed by atoms with Crippen LogP contribution in [-0.2, 0) is 0 Å². The molecular formula is C15H15FN4O2. The number of carbonyl (C=O) groups is 1. The smallest absolute Gasteiger partial charge is 0.408 e. The molecule has 2 rings (SSSR count). The van der Waals surface area contributed by atoms with E-state index in [2.05, 4.69) is 15.5 Å². The number of aromatic nitrogens is 1. The van der Waals surface area contributed by atoms with Gasteiger partial charge in [-0.2, -0.15) is 5.10 Å². The predicted octanol–water partition coefficient (Wildman–Crippen LogP) is 2.73. The fourth-order valence-corrected chi connectivity index (χ4v) is 1.46. The maximum Gasteiger partial charge on any atom is 0.414 e. The number of hydrazone groups is 1. The van der Waals surface area contributed by atoms with Crippen LogP contribution in [0.2, 0.25) is 0 Å². The molecule has 0 aliphatic rings. The van der Waals surface area contributed by atoms with Crippen molar-refractivity contribution in [2.75, 3.05) is 19.5 Å². The van der Waals surface area contributed by atoms with Crippen LogP contribution in [0.25, 0.3) is 0 Å². The summed E-state index contributed by atoms with van der Waals surface area (Å²) in [6, 6.07) is 9.03. The predicted molar refractivity (Wildman–Crippen MR) is 81.6 cm³/mol. The van der Waals surface area contributed by atoms with Crippen LogP contribution in [0.1, 0.15) is 5.69 Å². The lowest BCUT2D eigenvalue weighted by Crippen LogP contribution is -2.25. The summed E-state index contributed by atoms with van der Waals surface area (Å²) in [5.41, 5.74) is 3.76. The molecule has 0 unspecified atom stereocenters. The van der Waals surface area contributed by atoms with Crippen molar-refractivity contribution in [3.05, 3.63) is 54.1 Å². The molecule has 114 valence electrons. The third-order valence-electron chi connectivity index (χ3n) is 2.59. The molecule has 22 heavy (non-hydrogen) atoms. The van der Waals surface area contributed by atoms with Crippen molar-refractivity contribution in [3.8, 4) is 5.75 Å². The Morgan fingerprint density at radius 2 is 2.05 bits per heavy atom. The highest BCUT2D eigenvalue weighted by Gasteiger charge is 2.10. The van der Waals surface area contributed by atoms with Crippen LogP contribution in [0.15, 0.2) is 47.7 Å². The Bertz CT molecular complexity index is 671. The molecule has 0 saturated carbocycles. The number of hydrogen-bond donors (Lipinski definition) is 1. The van der Waals surface area contributed by atoms with Gasteiger partial charge < -0.3 is 9.64 Å². The summed E-state index contributed by atoms with van der Waals surface area (Å²) >= 11 is 0. The first kappa shape index (κ1) is 15.4. The van der Waals surface area contributed by atoms with E-state index in [4.69, 9.17) is 4.74 Å². The van der Waals surface area contributed by atoms with Gasteiger partial charge in [-0.25, -0.2) is 9.18 Å². The number of pyridine rings is 1. The zero-order valence-corrected chi connectivity index (χ0v) is 12.2. The molecule has 0 aliphatic carbocycles. The summed E-state index contributed by atoms with van der Waals surface area (Å²) in [6.07, 6.45) is 2.47. The minimum atomic E-state index is -0.505. The van der Waals surface area contributed by atoms with Crippen molar-refractivity contribution in [3.63, 3.8) is 0 Å². The summed E-state index contributed by atoms with van der Waals surface area (Å²) in [7, 11) is 3.17. The van der Waals surface area contributed by atoms with Crippen LogP contribution < -0.4 is 10.2 Å². The average Bonchev–Trinajstić information content (AvgIpc) is 2.51. The van der Waals surface area contributed by atoms with Gasteiger partial charge in [-0.1, -0.05) is 0 Å². The zero-order chi connectivity index (χ0) is 15.9. The maximum atomic E-state index is 12.8. The molecule has 1 amide bonds. The third-order valence-corrected chi connectivity index (χ3v) is 2.59. The van der Waals surface area contributed by atoms with E-state index in [0.29, 0.717) is 17.1 Å². The number of rotatable bonds is 4. The van der Waals surface area contributed by atoms with Crippen molar-refractivity contribution in [1.29, 1.82) is 0 Å². The molecule has 0 spiro atoms. The molecule has 0 radical (unpaired) electrons. The lowest BCUT2D eigenvalue weighted by Gasteiger charge is -2.11. The molecular weight excluding hydrogens is 287 g/mol. The van der Waals surface area contributed by atoms with Gasteiger partial charge in [0.25, 0.3) is 0 Å². The van der Waals surface area contributed by atoms with E-state index in [0.717, 1.165) is 0 Å². The van der Waals surface area contributed by atoms with E-state index in [1.165, 1.54) is 23.2 Å². The Morgan fingerprint density at radius 3 is 2.73 bits per heavy atom. The Morgan fingerprint density at radius 1 is 1.32 bits per heavy atom. The number of carbonyl (C=O) groups excluding carboxylic acids is 1. The first-order valence-corrected chi connectivity index (χ1v) is 6.45. The summed E-state index contributed by atoms with van der Waals surface area (Å²) < 4.78 is 18.0. The molecule has 0 aliphatic heterocycles. The van der Waals surface area contributed by atoms with Crippen molar-refractivity contribution in [1.82, 2.24) is 9.88 Å². The van der Waals surface area contributed by atoms with Crippen molar-refractivity contribution < 1.29 is 13.9 Å². The molecule has 6 nitrogen and oxygen atoms in total. The number of nitrogens with one attached hydrogen (secondary N) is 1. The molecule has 1 heterocycles. The van der Waals surface area contributed by atoms with Crippen LogP contribution >= 0.6 is 0 Å². The van der Waals surface area contributed by atoms with E-state index < -0.39 is 6.09 Å². The Labute approximate surface area is 127 Å². The summed E-state index contributed by atoms with van der Waals surface area (Å²) in [5, 5.41) is 3.99. The minimum Gasteiger partial charge on any atom is -0.408 e. The topological polar surface area (TPSA) is 66.8 Å². The highest BCUT2D eigenvalue weighted by atomic mass is 19.1. The van der Waals surface area contributed by atoms with Gasteiger partial charge in [-0.3, -0.25) is 10.4 Å². The lowest BCUT2D eigenvalue weighted by molar-refractivity contribution is 0.171. The van der Waals surface area contributed by atoms with Gasteiger partial charge in [0.05, 0.1) is 11.9 Å². The van der Waals surface area contributed by atoms with Gasteiger partial charge in [-0.15, -0.1) is 0 Å². The van der Waals surface area contributed by atoms with Crippen LogP contribution in [0.3, 0.4) is 0 Å². The van der Waals surface area contributed by atoms with Crippen LogP contribution in [-0.4, -0.2) is 36.3 Å². The van der Waals surface area contributed by atoms with E-state index in [9.17, 15) is 9.18 Å². The molecule has 7 heteroatoms. The van der Waals surface area contributed by atoms with E-state index in [-0.39, 0.29) is 5.82 Å². The minimum absolute atomic E-state index is 0.297. The standard InChI is InChI=1S/C15H15FN4O2/c1-20(2)15(21)22-14-4-3-9-17-13(14)10-18-19-12-7-5-11(16)6-8-12/h3-10,19H,1-2H3/b18-10-. The number of halogens is 1. The molecule has 1 N–H and O–H groups in total.